The number of nitrogens with one attached hydrogen (secondary N) is 1. The van der Waals surface area contributed by atoms with Crippen LogP contribution in [0.2, 0.25) is 0 Å². The zero-order valence-corrected chi connectivity index (χ0v) is 15.8. The first-order valence-corrected chi connectivity index (χ1v) is 5.35. The van der Waals surface area contributed by atoms with Crippen molar-refractivity contribution in [2.75, 3.05) is 13.8 Å². The molecule has 1 amide bonds. The average molecular weight is 472 g/mol. The summed E-state index contributed by atoms with van der Waals surface area (Å²) < 4.78 is 15.1. The molecule has 1 N–H and O–H groups in total. The summed E-state index contributed by atoms with van der Waals surface area (Å²) in [5.74, 6) is 0. The van der Waals surface area contributed by atoms with E-state index in [1.165, 1.54) is 0 Å². The Labute approximate surface area is 129 Å². The van der Waals surface area contributed by atoms with Gasteiger partial charge in [-0.15, -0.1) is 0 Å². The van der Waals surface area contributed by atoms with Gasteiger partial charge < -0.3 is 17.0 Å². The molecule has 0 saturated heterocycles. The van der Waals surface area contributed by atoms with E-state index >= 15 is 0 Å². The summed E-state index contributed by atoms with van der Waals surface area (Å²) in [5, 5.41) is 2.75. The molecule has 3 nitrogen and oxygen atoms in total. The van der Waals surface area contributed by atoms with Crippen molar-refractivity contribution in [2.45, 2.75) is 51.7 Å². The zero-order valence-electron chi connectivity index (χ0n) is 11.6. The number of carbonyl (C=O) groups excluding carboxylic acids is 1. The summed E-state index contributed by atoms with van der Waals surface area (Å²) >= 11 is 0. The van der Waals surface area contributed by atoms with Crippen LogP contribution in [-0.2, 0) is 9.53 Å². The second-order valence-electron chi connectivity index (χ2n) is 4.75. The second kappa shape index (κ2) is 11.5. The van der Waals surface area contributed by atoms with Gasteiger partial charge in [0, 0.05) is 48.9 Å². The van der Waals surface area contributed by atoms with Crippen LogP contribution in [0.1, 0.15) is 40.5 Å². The largest absolute Gasteiger partial charge is 0.378 e. The molecule has 0 saturated carbocycles. The van der Waals surface area contributed by atoms with Crippen LogP contribution < -0.4 is 5.32 Å². The number of amides is 1. The monoisotopic (exact) mass is 472 g/mol. The van der Waals surface area contributed by atoms with E-state index in [9.17, 15) is 9.18 Å². The summed E-state index contributed by atoms with van der Waals surface area (Å²) in [4.78, 5) is 10.3. The number of hydrogen-bond donors (Lipinski definition) is 1. The van der Waals surface area contributed by atoms with Gasteiger partial charge in [0.2, 0.25) is 6.41 Å². The van der Waals surface area contributed by atoms with E-state index in [1.54, 1.807) is 0 Å². The van der Waals surface area contributed by atoms with Gasteiger partial charge in [0.1, 0.15) is 0 Å². The van der Waals surface area contributed by atoms with Crippen molar-refractivity contribution in [3.8, 4) is 0 Å². The summed E-state index contributed by atoms with van der Waals surface area (Å²) in [6, 6.07) is 0. The molecule has 0 aliphatic rings. The first kappa shape index (κ1) is 22.6. The van der Waals surface area contributed by atoms with Gasteiger partial charge in [0.25, 0.3) is 0 Å². The summed E-state index contributed by atoms with van der Waals surface area (Å²) in [7, 11) is 0.500. The standard InChI is InChI=1S/C11H22NO2.CH3F.U/c1-6-11(4,5)14-8-7-10(2,3)12-9-13;1-2;/h9H,1,6-8H2,2-5H3,(H,12,13);1H3;/q-1;;. The molecule has 0 aromatic heterocycles. The van der Waals surface area contributed by atoms with E-state index in [1.807, 2.05) is 27.7 Å². The molecule has 0 aromatic carbocycles. The fourth-order valence-electron chi connectivity index (χ4n) is 0.886. The van der Waals surface area contributed by atoms with Crippen molar-refractivity contribution < 1.29 is 45.0 Å². The SMILES string of the molecule is CF.[CH2-]CC(C)(C)OCCC(C)(C)NC=O.[U]. The Balaban J connectivity index is -0.000000616. The Hall–Kier alpha value is 0.412. The van der Waals surface area contributed by atoms with Crippen molar-refractivity contribution in [1.82, 2.24) is 5.32 Å². The van der Waals surface area contributed by atoms with Gasteiger partial charge in [-0.1, -0.05) is 0 Å². The quantitative estimate of drug-likeness (QED) is 0.457. The summed E-state index contributed by atoms with van der Waals surface area (Å²) in [6.07, 6.45) is 2.27. The van der Waals surface area contributed by atoms with Gasteiger partial charge in [0.05, 0.1) is 7.18 Å². The van der Waals surface area contributed by atoms with Crippen LogP contribution in [0.5, 0.6) is 0 Å². The maximum atomic E-state index is 10.3. The van der Waals surface area contributed by atoms with Gasteiger partial charge >= 0.3 is 0 Å². The van der Waals surface area contributed by atoms with E-state index in [-0.39, 0.29) is 42.3 Å². The van der Waals surface area contributed by atoms with Gasteiger partial charge in [-0.25, -0.2) is 0 Å². The van der Waals surface area contributed by atoms with Crippen LogP contribution >= 0.6 is 0 Å². The molecule has 0 fully saturated rings. The summed E-state index contributed by atoms with van der Waals surface area (Å²) in [5.41, 5.74) is -0.365. The van der Waals surface area contributed by atoms with Crippen molar-refractivity contribution >= 4 is 6.41 Å². The minimum Gasteiger partial charge on any atom is -0.378 e. The van der Waals surface area contributed by atoms with Crippen molar-refractivity contribution in [2.24, 2.45) is 0 Å². The third kappa shape index (κ3) is 14.4. The number of hydrogen-bond acceptors (Lipinski definition) is 2. The van der Waals surface area contributed by atoms with Gasteiger partial charge in [-0.3, -0.25) is 9.18 Å². The molecule has 5 heteroatoms. The Morgan fingerprint density at radius 3 is 2.12 bits per heavy atom. The fraction of sp³-hybridized carbons (Fsp3) is 0.833. The summed E-state index contributed by atoms with van der Waals surface area (Å²) in [6.45, 7) is 12.4. The predicted octanol–water partition coefficient (Wildman–Crippen LogP) is 2.51. The molecule has 102 valence electrons. The normalized spacial score (nSPS) is 10.8. The Bertz CT molecular complexity index is 187. The van der Waals surface area contributed by atoms with E-state index in [0.29, 0.717) is 13.8 Å². The van der Waals surface area contributed by atoms with Crippen molar-refractivity contribution in [3.63, 3.8) is 0 Å². The first-order chi connectivity index (χ1) is 7.33. The number of carbonyl (C=O) groups is 1. The minimum atomic E-state index is -0.195. The molecule has 0 aliphatic carbocycles. The van der Waals surface area contributed by atoms with Crippen LogP contribution in [0, 0.1) is 38.0 Å². The Kier molecular flexibility index (Phi) is 15.3. The minimum absolute atomic E-state index is 0. The molecule has 0 aromatic rings. The van der Waals surface area contributed by atoms with Gasteiger partial charge in [-0.2, -0.15) is 6.42 Å². The molecular weight excluding hydrogens is 447 g/mol. The van der Waals surface area contributed by atoms with Crippen molar-refractivity contribution in [3.05, 3.63) is 6.92 Å². The average Bonchev–Trinajstić information content (AvgIpc) is 2.20. The molecule has 0 heterocycles. The van der Waals surface area contributed by atoms with E-state index in [2.05, 4.69) is 12.2 Å². The molecule has 0 atom stereocenters. The number of alkyl halides is 1. The molecule has 0 spiro atoms. The van der Waals surface area contributed by atoms with E-state index in [4.69, 9.17) is 4.74 Å². The van der Waals surface area contributed by atoms with Crippen LogP contribution in [0.3, 0.4) is 0 Å². The molecule has 17 heavy (non-hydrogen) atoms. The van der Waals surface area contributed by atoms with Crippen LogP contribution in [0.15, 0.2) is 0 Å². The third-order valence-corrected chi connectivity index (χ3v) is 2.27. The first-order valence-electron chi connectivity index (χ1n) is 5.35. The molecule has 0 rings (SSSR count). The van der Waals surface area contributed by atoms with Crippen LogP contribution in [0.4, 0.5) is 4.39 Å². The molecule has 0 aliphatic heterocycles. The smallest absolute Gasteiger partial charge is 0.207 e. The number of rotatable bonds is 7. The topological polar surface area (TPSA) is 38.3 Å². The van der Waals surface area contributed by atoms with E-state index in [0.717, 1.165) is 19.3 Å². The Morgan fingerprint density at radius 1 is 1.29 bits per heavy atom. The maximum absolute atomic E-state index is 10.3. The molecule has 0 radical (unpaired) electrons. The third-order valence-electron chi connectivity index (χ3n) is 2.27. The number of ether oxygens (including phenoxy) is 1. The zero-order chi connectivity index (χ0) is 13.2. The molecule has 0 unspecified atom stereocenters. The van der Waals surface area contributed by atoms with Gasteiger partial charge in [0.15, 0.2) is 0 Å². The van der Waals surface area contributed by atoms with E-state index < -0.39 is 0 Å². The van der Waals surface area contributed by atoms with Crippen LogP contribution in [0.25, 0.3) is 0 Å². The Morgan fingerprint density at radius 2 is 1.76 bits per heavy atom. The number of halogens is 1. The fourth-order valence-corrected chi connectivity index (χ4v) is 0.886. The van der Waals surface area contributed by atoms with Gasteiger partial charge in [-0.05, 0) is 34.1 Å². The second-order valence-corrected chi connectivity index (χ2v) is 4.75. The molecule has 0 bridgehead atoms. The van der Waals surface area contributed by atoms with Crippen LogP contribution in [-0.4, -0.2) is 31.3 Å². The van der Waals surface area contributed by atoms with Crippen molar-refractivity contribution in [1.29, 1.82) is 0 Å². The predicted molar refractivity (Wildman–Crippen MR) is 64.9 cm³/mol. The molecular formula is C12H25FNO2U-. The maximum Gasteiger partial charge on any atom is 0.207 e.